The highest BCUT2D eigenvalue weighted by atomic mass is 16.5. The number of carbonyl (C=O) groups excluding carboxylic acids is 1. The van der Waals surface area contributed by atoms with Crippen LogP contribution in [0.3, 0.4) is 0 Å². The zero-order valence-corrected chi connectivity index (χ0v) is 17.9. The molecule has 2 aromatic heterocycles. The van der Waals surface area contributed by atoms with Crippen molar-refractivity contribution in [1.29, 1.82) is 0 Å². The summed E-state index contributed by atoms with van der Waals surface area (Å²) < 4.78 is 6.57. The molecule has 0 bridgehead atoms. The van der Waals surface area contributed by atoms with Gasteiger partial charge in [-0.15, -0.1) is 0 Å². The van der Waals surface area contributed by atoms with Gasteiger partial charge in [0, 0.05) is 17.0 Å². The van der Waals surface area contributed by atoms with E-state index in [-0.39, 0.29) is 17.1 Å². The fourth-order valence-electron chi connectivity index (χ4n) is 3.65. The number of aryl methyl sites for hydroxylation is 1. The number of benzene rings is 3. The molecule has 1 N–H and O–H groups in total. The summed E-state index contributed by atoms with van der Waals surface area (Å²) in [6.45, 7) is 2.09. The van der Waals surface area contributed by atoms with Crippen LogP contribution in [-0.4, -0.2) is 20.8 Å². The highest BCUT2D eigenvalue weighted by Gasteiger charge is 2.19. The summed E-state index contributed by atoms with van der Waals surface area (Å²) in [4.78, 5) is 26.2. The van der Waals surface area contributed by atoms with Gasteiger partial charge in [0.2, 0.25) is 5.88 Å². The van der Waals surface area contributed by atoms with Crippen LogP contribution in [0.2, 0.25) is 0 Å². The van der Waals surface area contributed by atoms with Crippen LogP contribution in [0, 0.1) is 0 Å². The highest BCUT2D eigenvalue weighted by molar-refractivity contribution is 6.10. The van der Waals surface area contributed by atoms with Crippen molar-refractivity contribution >= 4 is 22.6 Å². The average Bonchev–Trinajstić information content (AvgIpc) is 3.33. The Hall–Kier alpha value is -4.52. The van der Waals surface area contributed by atoms with Crippen LogP contribution in [0.4, 0.5) is 5.88 Å². The molecule has 0 spiro atoms. The number of nitrogens with zero attached hydrogens (tertiary/aromatic N) is 3. The standard InChI is InChI=1S/C26H20N4O3/c1-2-17-12-14-18(15-13-17)22-16-23(33-29-22)27-25(31)24-20-10-6-7-11-21(20)26(32)30(28-24)19-8-4-3-5-9-19/h3-16H,2H2,1H3,(H,27,31). The largest absolute Gasteiger partial charge is 0.338 e. The van der Waals surface area contributed by atoms with Gasteiger partial charge in [0.25, 0.3) is 11.5 Å². The summed E-state index contributed by atoms with van der Waals surface area (Å²) in [7, 11) is 0. The van der Waals surface area contributed by atoms with Crippen LogP contribution in [0.1, 0.15) is 23.0 Å². The normalized spacial score (nSPS) is 10.9. The summed E-state index contributed by atoms with van der Waals surface area (Å²) >= 11 is 0. The van der Waals surface area contributed by atoms with E-state index in [1.165, 1.54) is 10.2 Å². The SMILES string of the molecule is CCc1ccc(-c2cc(NC(=O)c3nn(-c4ccccc4)c(=O)c4ccccc34)on2)cc1. The lowest BCUT2D eigenvalue weighted by molar-refractivity contribution is 0.101. The van der Waals surface area contributed by atoms with Crippen LogP contribution < -0.4 is 10.9 Å². The summed E-state index contributed by atoms with van der Waals surface area (Å²) in [5.74, 6) is -0.308. The average molecular weight is 436 g/mol. The Balaban J connectivity index is 1.51. The zero-order chi connectivity index (χ0) is 22.8. The number of hydrogen-bond donors (Lipinski definition) is 1. The molecule has 2 heterocycles. The van der Waals surface area contributed by atoms with E-state index in [0.29, 0.717) is 22.2 Å². The summed E-state index contributed by atoms with van der Waals surface area (Å²) in [5, 5.41) is 12.0. The van der Waals surface area contributed by atoms with E-state index in [4.69, 9.17) is 4.52 Å². The Morgan fingerprint density at radius 1 is 0.939 bits per heavy atom. The first-order valence-corrected chi connectivity index (χ1v) is 10.6. The lowest BCUT2D eigenvalue weighted by Crippen LogP contribution is -2.26. The van der Waals surface area contributed by atoms with Crippen molar-refractivity contribution in [3.63, 3.8) is 0 Å². The Bertz CT molecular complexity index is 1500. The van der Waals surface area contributed by atoms with Gasteiger partial charge in [-0.2, -0.15) is 9.78 Å². The van der Waals surface area contributed by atoms with Gasteiger partial charge in [0.1, 0.15) is 5.69 Å². The van der Waals surface area contributed by atoms with Gasteiger partial charge >= 0.3 is 0 Å². The quantitative estimate of drug-likeness (QED) is 0.425. The van der Waals surface area contributed by atoms with Gasteiger partial charge in [-0.3, -0.25) is 14.9 Å². The first kappa shape index (κ1) is 20.4. The molecule has 0 radical (unpaired) electrons. The molecule has 33 heavy (non-hydrogen) atoms. The Kier molecular flexibility index (Phi) is 5.28. The van der Waals surface area contributed by atoms with Crippen LogP contribution in [0.5, 0.6) is 0 Å². The number of carbonyl (C=O) groups is 1. The Morgan fingerprint density at radius 2 is 1.64 bits per heavy atom. The molecule has 0 fully saturated rings. The van der Waals surface area contributed by atoms with Crippen molar-refractivity contribution in [2.24, 2.45) is 0 Å². The molecule has 1 amide bonds. The predicted octanol–water partition coefficient (Wildman–Crippen LogP) is 4.86. The lowest BCUT2D eigenvalue weighted by Gasteiger charge is -2.10. The summed E-state index contributed by atoms with van der Waals surface area (Å²) in [6, 6.07) is 25.5. The number of fused-ring (bicyclic) bond motifs is 1. The summed E-state index contributed by atoms with van der Waals surface area (Å²) in [5.41, 5.74) is 3.10. The minimum Gasteiger partial charge on any atom is -0.338 e. The second-order valence-electron chi connectivity index (χ2n) is 7.53. The van der Waals surface area contributed by atoms with E-state index in [9.17, 15) is 9.59 Å². The van der Waals surface area contributed by atoms with Gasteiger partial charge in [-0.25, -0.2) is 0 Å². The number of aromatic nitrogens is 3. The molecular weight excluding hydrogens is 416 g/mol. The maximum Gasteiger partial charge on any atom is 0.279 e. The van der Waals surface area contributed by atoms with E-state index in [0.717, 1.165) is 12.0 Å². The second-order valence-corrected chi connectivity index (χ2v) is 7.53. The number of nitrogens with one attached hydrogen (secondary N) is 1. The molecule has 7 nitrogen and oxygen atoms in total. The molecule has 0 aliphatic heterocycles. The highest BCUT2D eigenvalue weighted by Crippen LogP contribution is 2.23. The first-order chi connectivity index (χ1) is 16.1. The third-order valence-electron chi connectivity index (χ3n) is 5.43. The molecule has 162 valence electrons. The minimum absolute atomic E-state index is 0.110. The maximum absolute atomic E-state index is 13.2. The number of rotatable bonds is 5. The van der Waals surface area contributed by atoms with Gasteiger partial charge in [0.15, 0.2) is 5.69 Å². The van der Waals surface area contributed by atoms with Crippen molar-refractivity contribution in [3.8, 4) is 16.9 Å². The molecule has 0 unspecified atom stereocenters. The van der Waals surface area contributed by atoms with Gasteiger partial charge in [0.05, 0.1) is 11.1 Å². The second kappa shape index (κ2) is 8.55. The number of anilines is 1. The molecule has 7 heteroatoms. The Morgan fingerprint density at radius 3 is 2.36 bits per heavy atom. The van der Waals surface area contributed by atoms with Crippen LogP contribution in [-0.2, 0) is 6.42 Å². The van der Waals surface area contributed by atoms with Gasteiger partial charge in [-0.05, 0) is 30.2 Å². The topological polar surface area (TPSA) is 90.0 Å². The monoisotopic (exact) mass is 436 g/mol. The van der Waals surface area contributed by atoms with E-state index in [1.54, 1.807) is 42.5 Å². The van der Waals surface area contributed by atoms with E-state index in [2.05, 4.69) is 22.5 Å². The van der Waals surface area contributed by atoms with Gasteiger partial charge in [-0.1, -0.05) is 72.7 Å². The molecular formula is C26H20N4O3. The van der Waals surface area contributed by atoms with Crippen molar-refractivity contribution in [2.75, 3.05) is 5.32 Å². The molecule has 0 aliphatic carbocycles. The van der Waals surface area contributed by atoms with Crippen LogP contribution in [0.25, 0.3) is 27.7 Å². The number of amides is 1. The fourth-order valence-corrected chi connectivity index (χ4v) is 3.65. The van der Waals surface area contributed by atoms with Crippen molar-refractivity contribution in [1.82, 2.24) is 14.9 Å². The number of para-hydroxylation sites is 1. The molecule has 0 saturated carbocycles. The molecule has 0 saturated heterocycles. The zero-order valence-electron chi connectivity index (χ0n) is 17.9. The first-order valence-electron chi connectivity index (χ1n) is 10.6. The molecule has 5 aromatic rings. The fraction of sp³-hybridized carbons (Fsp3) is 0.0769. The van der Waals surface area contributed by atoms with Crippen LogP contribution in [0.15, 0.2) is 94.2 Å². The van der Waals surface area contributed by atoms with Gasteiger partial charge < -0.3 is 4.52 Å². The smallest absolute Gasteiger partial charge is 0.279 e. The van der Waals surface area contributed by atoms with Crippen LogP contribution >= 0.6 is 0 Å². The third-order valence-corrected chi connectivity index (χ3v) is 5.43. The minimum atomic E-state index is -0.500. The third kappa shape index (κ3) is 3.92. The predicted molar refractivity (Wildman–Crippen MR) is 127 cm³/mol. The van der Waals surface area contributed by atoms with E-state index < -0.39 is 5.91 Å². The van der Waals surface area contributed by atoms with Crippen molar-refractivity contribution < 1.29 is 9.32 Å². The molecule has 5 rings (SSSR count). The van der Waals surface area contributed by atoms with E-state index in [1.807, 2.05) is 42.5 Å². The van der Waals surface area contributed by atoms with Crippen molar-refractivity contribution in [3.05, 3.63) is 107 Å². The maximum atomic E-state index is 13.2. The summed E-state index contributed by atoms with van der Waals surface area (Å²) in [6.07, 6.45) is 0.951. The lowest BCUT2D eigenvalue weighted by atomic mass is 10.1. The number of hydrogen-bond acceptors (Lipinski definition) is 5. The Labute approximate surface area is 189 Å². The van der Waals surface area contributed by atoms with Crippen molar-refractivity contribution in [2.45, 2.75) is 13.3 Å². The molecule has 0 atom stereocenters. The molecule has 3 aromatic carbocycles. The van der Waals surface area contributed by atoms with E-state index >= 15 is 0 Å². The molecule has 0 aliphatic rings.